The molecule has 5 rings (SSSR count). The Morgan fingerprint density at radius 3 is 2.69 bits per heavy atom. The number of allylic oxidation sites excluding steroid dienone is 5. The molecular formula is C29H33N3. The highest BCUT2D eigenvalue weighted by atomic mass is 15.1. The molecule has 3 heterocycles. The van der Waals surface area contributed by atoms with E-state index in [-0.39, 0.29) is 0 Å². The second-order valence-corrected chi connectivity index (χ2v) is 9.36. The largest absolute Gasteiger partial charge is 0.371 e. The number of benzene rings is 1. The van der Waals surface area contributed by atoms with Crippen molar-refractivity contribution < 1.29 is 0 Å². The normalized spacial score (nSPS) is 20.0. The molecule has 0 saturated carbocycles. The van der Waals surface area contributed by atoms with Crippen LogP contribution in [-0.4, -0.2) is 28.0 Å². The van der Waals surface area contributed by atoms with Crippen LogP contribution in [0.15, 0.2) is 84.9 Å². The standard InChI is InChI=1S/C29H33N3/c1-22-5-4-8-29(26(12-9-22)28-21-25-6-2-3-7-27(25)31-28)32-19-15-24(16-20-32)11-10-23-13-17-30-18-14-23/h2-8,12-14,17-18,21-22,24,31H,9-11,15-16,19-20H2,1H3. The first-order chi connectivity index (χ1) is 15.8. The summed E-state index contributed by atoms with van der Waals surface area (Å²) in [5, 5.41) is 1.28. The van der Waals surface area contributed by atoms with E-state index in [4.69, 9.17) is 0 Å². The Morgan fingerprint density at radius 2 is 1.88 bits per heavy atom. The zero-order chi connectivity index (χ0) is 21.8. The topological polar surface area (TPSA) is 31.9 Å². The van der Waals surface area contributed by atoms with E-state index in [0.29, 0.717) is 5.92 Å². The van der Waals surface area contributed by atoms with E-state index in [0.717, 1.165) is 31.8 Å². The number of H-pyrrole nitrogens is 1. The first-order valence-corrected chi connectivity index (χ1v) is 12.1. The molecule has 0 radical (unpaired) electrons. The molecular weight excluding hydrogens is 390 g/mol. The summed E-state index contributed by atoms with van der Waals surface area (Å²) in [4.78, 5) is 10.4. The Morgan fingerprint density at radius 1 is 1.06 bits per heavy atom. The summed E-state index contributed by atoms with van der Waals surface area (Å²) < 4.78 is 0. The van der Waals surface area contributed by atoms with Gasteiger partial charge in [0.2, 0.25) is 0 Å². The fraction of sp³-hybridized carbons (Fsp3) is 0.345. The molecule has 1 fully saturated rings. The minimum Gasteiger partial charge on any atom is -0.371 e. The van der Waals surface area contributed by atoms with Gasteiger partial charge in [-0.2, -0.15) is 0 Å². The Balaban J connectivity index is 1.32. The lowest BCUT2D eigenvalue weighted by molar-refractivity contribution is 0.225. The third-order valence-corrected chi connectivity index (χ3v) is 7.03. The van der Waals surface area contributed by atoms with Crippen molar-refractivity contribution in [3.05, 3.63) is 96.1 Å². The van der Waals surface area contributed by atoms with Gasteiger partial charge in [0.1, 0.15) is 0 Å². The van der Waals surface area contributed by atoms with Crippen molar-refractivity contribution in [2.75, 3.05) is 13.1 Å². The molecule has 0 amide bonds. The SMILES string of the molecule is CC1C=CC=C(N2CCC(CCc3ccncc3)CC2)C(c2cc3ccccc3[nH]2)=CC1. The fourth-order valence-electron chi connectivity index (χ4n) is 5.04. The van der Waals surface area contributed by atoms with E-state index in [1.807, 2.05) is 12.4 Å². The van der Waals surface area contributed by atoms with Crippen LogP contribution in [0.5, 0.6) is 0 Å². The number of pyridine rings is 1. The third kappa shape index (κ3) is 4.72. The van der Waals surface area contributed by atoms with Gasteiger partial charge in [-0.25, -0.2) is 0 Å². The lowest BCUT2D eigenvalue weighted by Gasteiger charge is -2.36. The predicted molar refractivity (Wildman–Crippen MR) is 134 cm³/mol. The first kappa shape index (κ1) is 20.8. The highest BCUT2D eigenvalue weighted by molar-refractivity contribution is 5.88. The maximum Gasteiger partial charge on any atom is 0.0482 e. The average molecular weight is 424 g/mol. The number of hydrogen-bond acceptors (Lipinski definition) is 2. The van der Waals surface area contributed by atoms with E-state index in [1.165, 1.54) is 52.7 Å². The van der Waals surface area contributed by atoms with Gasteiger partial charge in [-0.3, -0.25) is 4.98 Å². The number of para-hydroxylation sites is 1. The van der Waals surface area contributed by atoms with Crippen LogP contribution in [0.3, 0.4) is 0 Å². The number of hydrogen-bond donors (Lipinski definition) is 1. The van der Waals surface area contributed by atoms with Crippen LogP contribution in [-0.2, 0) is 6.42 Å². The maximum absolute atomic E-state index is 4.14. The predicted octanol–water partition coefficient (Wildman–Crippen LogP) is 6.77. The molecule has 3 aromatic rings. The lowest BCUT2D eigenvalue weighted by Crippen LogP contribution is -2.33. The number of nitrogens with zero attached hydrogens (tertiary/aromatic N) is 2. The number of likely N-dealkylation sites (tertiary alicyclic amines) is 1. The molecule has 1 aromatic carbocycles. The molecule has 0 spiro atoms. The van der Waals surface area contributed by atoms with Crippen molar-refractivity contribution in [2.45, 2.75) is 39.0 Å². The van der Waals surface area contributed by atoms with E-state index < -0.39 is 0 Å². The monoisotopic (exact) mass is 423 g/mol. The minimum absolute atomic E-state index is 0.561. The van der Waals surface area contributed by atoms with E-state index in [9.17, 15) is 0 Å². The first-order valence-electron chi connectivity index (χ1n) is 12.1. The molecule has 0 bridgehead atoms. The summed E-state index contributed by atoms with van der Waals surface area (Å²) in [6.07, 6.45) is 19.2. The number of aromatic nitrogens is 2. The molecule has 1 saturated heterocycles. The van der Waals surface area contributed by atoms with Crippen molar-refractivity contribution in [1.82, 2.24) is 14.9 Å². The zero-order valence-electron chi connectivity index (χ0n) is 19.0. The molecule has 1 N–H and O–H groups in total. The van der Waals surface area contributed by atoms with Crippen molar-refractivity contribution in [3.8, 4) is 0 Å². The second-order valence-electron chi connectivity index (χ2n) is 9.36. The van der Waals surface area contributed by atoms with Gasteiger partial charge >= 0.3 is 0 Å². The van der Waals surface area contributed by atoms with E-state index in [2.05, 4.69) is 88.6 Å². The summed E-state index contributed by atoms with van der Waals surface area (Å²) in [6.45, 7) is 4.56. The highest BCUT2D eigenvalue weighted by Crippen LogP contribution is 2.34. The van der Waals surface area contributed by atoms with Gasteiger partial charge in [0.25, 0.3) is 0 Å². The molecule has 1 atom stereocenters. The van der Waals surface area contributed by atoms with Gasteiger partial charge in [0.05, 0.1) is 0 Å². The van der Waals surface area contributed by atoms with Crippen LogP contribution in [0.4, 0.5) is 0 Å². The number of aromatic amines is 1. The number of piperidine rings is 1. The quantitative estimate of drug-likeness (QED) is 0.491. The summed E-state index contributed by atoms with van der Waals surface area (Å²) in [5.74, 6) is 1.37. The van der Waals surface area contributed by atoms with Gasteiger partial charge in [-0.15, -0.1) is 0 Å². The average Bonchev–Trinajstić information content (AvgIpc) is 3.25. The van der Waals surface area contributed by atoms with Crippen molar-refractivity contribution in [3.63, 3.8) is 0 Å². The number of fused-ring (bicyclic) bond motifs is 1. The Hall–Kier alpha value is -3.07. The third-order valence-electron chi connectivity index (χ3n) is 7.03. The summed E-state index contributed by atoms with van der Waals surface area (Å²) >= 11 is 0. The summed E-state index contributed by atoms with van der Waals surface area (Å²) in [5.41, 5.74) is 6.58. The van der Waals surface area contributed by atoms with Gasteiger partial charge in [0, 0.05) is 53.4 Å². The highest BCUT2D eigenvalue weighted by Gasteiger charge is 2.24. The number of nitrogens with one attached hydrogen (secondary N) is 1. The summed E-state index contributed by atoms with van der Waals surface area (Å²) in [7, 11) is 0. The van der Waals surface area contributed by atoms with Crippen molar-refractivity contribution in [2.24, 2.45) is 11.8 Å². The van der Waals surface area contributed by atoms with E-state index in [1.54, 1.807) is 0 Å². The van der Waals surface area contributed by atoms with Crippen LogP contribution < -0.4 is 0 Å². The van der Waals surface area contributed by atoms with E-state index >= 15 is 0 Å². The van der Waals surface area contributed by atoms with Crippen molar-refractivity contribution >= 4 is 16.5 Å². The molecule has 1 aliphatic heterocycles. The van der Waals surface area contributed by atoms with Crippen LogP contribution >= 0.6 is 0 Å². The molecule has 3 nitrogen and oxygen atoms in total. The fourth-order valence-corrected chi connectivity index (χ4v) is 5.04. The van der Waals surface area contributed by atoms with Gasteiger partial charge in [0.15, 0.2) is 0 Å². The van der Waals surface area contributed by atoms with Gasteiger partial charge < -0.3 is 9.88 Å². The Bertz CT molecular complexity index is 1090. The van der Waals surface area contributed by atoms with Crippen LogP contribution in [0.2, 0.25) is 0 Å². The second kappa shape index (κ2) is 9.60. The Labute approximate surface area is 191 Å². The smallest absolute Gasteiger partial charge is 0.0482 e. The molecule has 1 unspecified atom stereocenters. The Kier molecular flexibility index (Phi) is 6.24. The molecule has 1 aliphatic carbocycles. The van der Waals surface area contributed by atoms with Gasteiger partial charge in [-0.1, -0.05) is 43.4 Å². The van der Waals surface area contributed by atoms with Crippen molar-refractivity contribution in [1.29, 1.82) is 0 Å². The van der Waals surface area contributed by atoms with Crippen LogP contribution in [0, 0.1) is 11.8 Å². The lowest BCUT2D eigenvalue weighted by atomic mass is 9.89. The maximum atomic E-state index is 4.14. The minimum atomic E-state index is 0.561. The van der Waals surface area contributed by atoms with Gasteiger partial charge in [-0.05, 0) is 79.8 Å². The van der Waals surface area contributed by atoms with Crippen LogP contribution in [0.1, 0.15) is 43.9 Å². The number of rotatable bonds is 5. The molecule has 3 heteroatoms. The molecule has 2 aliphatic rings. The number of aryl methyl sites for hydroxylation is 1. The zero-order valence-corrected chi connectivity index (χ0v) is 19.0. The molecule has 164 valence electrons. The molecule has 32 heavy (non-hydrogen) atoms. The van der Waals surface area contributed by atoms with Crippen LogP contribution in [0.25, 0.3) is 16.5 Å². The summed E-state index contributed by atoms with van der Waals surface area (Å²) in [6, 6.07) is 15.2. The molecule has 2 aromatic heterocycles.